The second-order valence-corrected chi connectivity index (χ2v) is 8.26. The average molecular weight is 379 g/mol. The predicted octanol–water partition coefficient (Wildman–Crippen LogP) is 1.14. The van der Waals surface area contributed by atoms with Crippen molar-refractivity contribution in [3.8, 4) is 0 Å². The summed E-state index contributed by atoms with van der Waals surface area (Å²) in [5, 5.41) is 18.1. The Morgan fingerprint density at radius 1 is 1.45 bits per heavy atom. The number of halogens is 1. The Kier molecular flexibility index (Phi) is 5.27. The van der Waals surface area contributed by atoms with E-state index in [-0.39, 0.29) is 15.8 Å². The molecule has 0 spiro atoms. The lowest BCUT2D eigenvalue weighted by atomic mass is 10.2. The van der Waals surface area contributed by atoms with Crippen LogP contribution in [-0.4, -0.2) is 30.3 Å². The van der Waals surface area contributed by atoms with E-state index in [1.807, 2.05) is 0 Å². The number of sulfonamides is 1. The Balaban J connectivity index is 2.19. The fraction of sp³-hybridized carbons (Fsp3) is 0.182. The number of carboxylic acid groups (broad SMARTS) is 1. The Morgan fingerprint density at radius 3 is 2.86 bits per heavy atom. The van der Waals surface area contributed by atoms with E-state index in [1.54, 1.807) is 13.0 Å². The van der Waals surface area contributed by atoms with Gasteiger partial charge in [0.25, 0.3) is 10.0 Å². The van der Waals surface area contributed by atoms with E-state index in [1.165, 1.54) is 12.1 Å². The van der Waals surface area contributed by atoms with Gasteiger partial charge in [0.1, 0.15) is 0 Å². The highest BCUT2D eigenvalue weighted by Gasteiger charge is 2.20. The van der Waals surface area contributed by atoms with Crippen molar-refractivity contribution < 1.29 is 18.3 Å². The number of rotatable bonds is 6. The molecule has 1 aromatic heterocycles. The van der Waals surface area contributed by atoms with Crippen molar-refractivity contribution in [3.63, 3.8) is 0 Å². The van der Waals surface area contributed by atoms with Crippen molar-refractivity contribution in [2.24, 2.45) is 0 Å². The number of aliphatic carboxylic acids is 1. The maximum absolute atomic E-state index is 12.3. The quantitative estimate of drug-likeness (QED) is 0.750. The molecule has 2 rings (SSSR count). The summed E-state index contributed by atoms with van der Waals surface area (Å²) >= 11 is 7.75. The van der Waals surface area contributed by atoms with Crippen LogP contribution in [0, 0.1) is 6.92 Å². The largest absolute Gasteiger partial charge is 0.549 e. The minimum Gasteiger partial charge on any atom is -0.549 e. The van der Waals surface area contributed by atoms with Gasteiger partial charge in [-0.1, -0.05) is 40.8 Å². The molecule has 7 nitrogen and oxygen atoms in total. The molecule has 118 valence electrons. The molecule has 1 N–H and O–H groups in total. The van der Waals surface area contributed by atoms with E-state index in [9.17, 15) is 18.3 Å². The molecule has 0 unspecified atom stereocenters. The summed E-state index contributed by atoms with van der Waals surface area (Å²) in [7, 11) is -3.85. The molecule has 0 amide bonds. The summed E-state index contributed by atoms with van der Waals surface area (Å²) in [6.45, 7) is 1.60. The number of nitrogens with zero attached hydrogens (tertiary/aromatic N) is 2. The Labute approximate surface area is 139 Å². The summed E-state index contributed by atoms with van der Waals surface area (Å²) in [5.74, 6) is -1.52. The predicted molar refractivity (Wildman–Crippen MR) is 82.6 cm³/mol. The van der Waals surface area contributed by atoms with E-state index < -0.39 is 16.0 Å². The first kappa shape index (κ1) is 17.0. The zero-order valence-electron chi connectivity index (χ0n) is 11.1. The lowest BCUT2D eigenvalue weighted by molar-refractivity contribution is -0.301. The topological polar surface area (TPSA) is 112 Å². The van der Waals surface area contributed by atoms with Crippen molar-refractivity contribution in [1.29, 1.82) is 0 Å². The third-order valence-electron chi connectivity index (χ3n) is 2.45. The molecule has 22 heavy (non-hydrogen) atoms. The van der Waals surface area contributed by atoms with Gasteiger partial charge in [-0.3, -0.25) is 4.72 Å². The lowest BCUT2D eigenvalue weighted by Crippen LogP contribution is -2.24. The van der Waals surface area contributed by atoms with Gasteiger partial charge in [0, 0.05) is 10.8 Å². The Hall–Kier alpha value is -1.36. The van der Waals surface area contributed by atoms with Gasteiger partial charge in [0.15, 0.2) is 4.34 Å². The van der Waals surface area contributed by atoms with Gasteiger partial charge in [0.05, 0.1) is 10.9 Å². The van der Waals surface area contributed by atoms with Crippen molar-refractivity contribution in [2.75, 3.05) is 10.5 Å². The second-order valence-electron chi connectivity index (χ2n) is 4.00. The third-order valence-corrected chi connectivity index (χ3v) is 6.42. The minimum atomic E-state index is -3.85. The maximum Gasteiger partial charge on any atom is 0.264 e. The van der Waals surface area contributed by atoms with Gasteiger partial charge in [-0.05, 0) is 24.6 Å². The van der Waals surface area contributed by atoms with E-state index in [4.69, 9.17) is 11.6 Å². The van der Waals surface area contributed by atoms with Crippen LogP contribution in [0.15, 0.2) is 27.4 Å². The summed E-state index contributed by atoms with van der Waals surface area (Å²) in [6.07, 6.45) is 0. The number of carboxylic acids is 1. The number of anilines is 1. The number of nitrogens with one attached hydrogen (secondary N) is 1. The van der Waals surface area contributed by atoms with Crippen LogP contribution >= 0.6 is 34.7 Å². The van der Waals surface area contributed by atoms with Crippen LogP contribution in [0.25, 0.3) is 0 Å². The van der Waals surface area contributed by atoms with Crippen LogP contribution < -0.4 is 9.83 Å². The van der Waals surface area contributed by atoms with E-state index >= 15 is 0 Å². The molecule has 2 aromatic rings. The van der Waals surface area contributed by atoms with Gasteiger partial charge >= 0.3 is 0 Å². The minimum absolute atomic E-state index is 0.0409. The first-order valence-electron chi connectivity index (χ1n) is 5.73. The number of carbonyl (C=O) groups excluding carboxylic acids is 1. The van der Waals surface area contributed by atoms with E-state index in [2.05, 4.69) is 14.9 Å². The highest BCUT2D eigenvalue weighted by molar-refractivity contribution is 8.01. The standard InChI is InChI=1S/C11H10ClN3O4S3/c1-6-7(12)3-2-4-8(6)22(18,19)15-10-13-14-11(21-10)20-5-9(16)17/h2-4H,5H2,1H3,(H,13,15)(H,16,17)/p-1. The molecule has 0 atom stereocenters. The van der Waals surface area contributed by atoms with Crippen LogP contribution in [0.3, 0.4) is 0 Å². The maximum atomic E-state index is 12.3. The van der Waals surface area contributed by atoms with Gasteiger partial charge in [-0.2, -0.15) is 0 Å². The average Bonchev–Trinajstić information content (AvgIpc) is 2.86. The Bertz CT molecular complexity index is 807. The van der Waals surface area contributed by atoms with Crippen LogP contribution in [0.2, 0.25) is 5.02 Å². The normalized spacial score (nSPS) is 11.4. The van der Waals surface area contributed by atoms with Crippen molar-refractivity contribution in [2.45, 2.75) is 16.2 Å². The van der Waals surface area contributed by atoms with Crippen LogP contribution in [0.1, 0.15) is 5.56 Å². The second kappa shape index (κ2) is 6.82. The van der Waals surface area contributed by atoms with Crippen molar-refractivity contribution >= 4 is 55.8 Å². The molecule has 0 aliphatic rings. The fourth-order valence-electron chi connectivity index (χ4n) is 1.48. The lowest BCUT2D eigenvalue weighted by Gasteiger charge is -2.08. The van der Waals surface area contributed by atoms with Crippen molar-refractivity contribution in [1.82, 2.24) is 10.2 Å². The van der Waals surface area contributed by atoms with Crippen LogP contribution in [0.5, 0.6) is 0 Å². The number of hydrogen-bond acceptors (Lipinski definition) is 8. The monoisotopic (exact) mass is 378 g/mol. The van der Waals surface area contributed by atoms with Gasteiger partial charge in [-0.15, -0.1) is 10.2 Å². The summed E-state index contributed by atoms with van der Waals surface area (Å²) < 4.78 is 27.2. The number of hydrogen-bond donors (Lipinski definition) is 1. The van der Waals surface area contributed by atoms with Crippen molar-refractivity contribution in [3.05, 3.63) is 28.8 Å². The molecule has 1 heterocycles. The number of carbonyl (C=O) groups is 1. The summed E-state index contributed by atoms with van der Waals surface area (Å²) in [4.78, 5) is 10.4. The van der Waals surface area contributed by atoms with Gasteiger partial charge < -0.3 is 9.90 Å². The summed E-state index contributed by atoms with van der Waals surface area (Å²) in [5.41, 5.74) is 0.424. The smallest absolute Gasteiger partial charge is 0.264 e. The van der Waals surface area contributed by atoms with Gasteiger partial charge in [-0.25, -0.2) is 8.42 Å². The van der Waals surface area contributed by atoms with Crippen LogP contribution in [0.4, 0.5) is 5.13 Å². The molecule has 0 radical (unpaired) electrons. The van der Waals surface area contributed by atoms with Crippen LogP contribution in [-0.2, 0) is 14.8 Å². The van der Waals surface area contributed by atoms with Gasteiger partial charge in [0.2, 0.25) is 5.13 Å². The molecule has 0 aliphatic carbocycles. The molecule has 11 heteroatoms. The number of thioether (sulfide) groups is 1. The molecular weight excluding hydrogens is 370 g/mol. The zero-order chi connectivity index (χ0) is 16.3. The molecule has 0 aliphatic heterocycles. The molecule has 0 fully saturated rings. The molecule has 0 bridgehead atoms. The molecular formula is C11H9ClN3O4S3-. The highest BCUT2D eigenvalue weighted by atomic mass is 35.5. The zero-order valence-corrected chi connectivity index (χ0v) is 14.3. The highest BCUT2D eigenvalue weighted by Crippen LogP contribution is 2.28. The summed E-state index contributed by atoms with van der Waals surface area (Å²) in [6, 6.07) is 4.55. The number of benzene rings is 1. The SMILES string of the molecule is Cc1c(Cl)cccc1S(=O)(=O)Nc1nnc(SCC(=O)[O-])s1. The molecule has 0 saturated heterocycles. The number of aromatic nitrogens is 2. The first-order chi connectivity index (χ1) is 10.3. The Morgan fingerprint density at radius 2 is 2.18 bits per heavy atom. The first-order valence-corrected chi connectivity index (χ1v) is 9.40. The van der Waals surface area contributed by atoms with E-state index in [0.717, 1.165) is 23.1 Å². The van der Waals surface area contributed by atoms with E-state index in [0.29, 0.717) is 14.9 Å². The third kappa shape index (κ3) is 4.09. The molecule has 0 saturated carbocycles. The molecule has 1 aromatic carbocycles. The fourth-order valence-corrected chi connectivity index (χ4v) is 4.67.